The summed E-state index contributed by atoms with van der Waals surface area (Å²) in [5.74, 6) is 0.0408. The average molecular weight is 357 g/mol. The van der Waals surface area contributed by atoms with Crippen LogP contribution in [0.25, 0.3) is 0 Å². The lowest BCUT2D eigenvalue weighted by Crippen LogP contribution is -2.41. The Labute approximate surface area is 156 Å². The van der Waals surface area contributed by atoms with Gasteiger partial charge < -0.3 is 15.0 Å². The first-order valence-corrected chi connectivity index (χ1v) is 10.1. The molecule has 2 fully saturated rings. The number of ether oxygens (including phenoxy) is 1. The SMILES string of the molecule is CN1CC2(CCCCC2)c2ccc(C(=O)NCCN3CCOCC3)cc21. The zero-order chi connectivity index (χ0) is 18.0. The van der Waals surface area contributed by atoms with Crippen molar-refractivity contribution in [1.82, 2.24) is 10.2 Å². The number of fused-ring (bicyclic) bond motifs is 2. The molecule has 5 heteroatoms. The number of anilines is 1. The van der Waals surface area contributed by atoms with Gasteiger partial charge in [0.1, 0.15) is 0 Å². The van der Waals surface area contributed by atoms with Crippen molar-refractivity contribution >= 4 is 11.6 Å². The number of carbonyl (C=O) groups is 1. The number of benzene rings is 1. The molecule has 26 heavy (non-hydrogen) atoms. The Morgan fingerprint density at radius 2 is 1.96 bits per heavy atom. The molecule has 1 saturated heterocycles. The fraction of sp³-hybridized carbons (Fsp3) is 0.667. The number of rotatable bonds is 4. The Bertz CT molecular complexity index is 649. The molecule has 0 bridgehead atoms. The van der Waals surface area contributed by atoms with Gasteiger partial charge in [-0.15, -0.1) is 0 Å². The van der Waals surface area contributed by atoms with E-state index in [9.17, 15) is 4.79 Å². The molecule has 3 aliphatic rings. The predicted octanol–water partition coefficient (Wildman–Crippen LogP) is 2.40. The van der Waals surface area contributed by atoms with E-state index in [1.165, 1.54) is 43.4 Å². The normalized spacial score (nSPS) is 22.4. The Morgan fingerprint density at radius 3 is 2.73 bits per heavy atom. The lowest BCUT2D eigenvalue weighted by atomic mass is 9.70. The second-order valence-corrected chi connectivity index (χ2v) is 8.14. The number of amides is 1. The lowest BCUT2D eigenvalue weighted by Gasteiger charge is -2.34. The van der Waals surface area contributed by atoms with Gasteiger partial charge in [0.05, 0.1) is 13.2 Å². The Balaban J connectivity index is 1.40. The summed E-state index contributed by atoms with van der Waals surface area (Å²) in [6, 6.07) is 6.35. The monoisotopic (exact) mass is 357 g/mol. The molecule has 142 valence electrons. The van der Waals surface area contributed by atoms with Crippen molar-refractivity contribution in [2.75, 3.05) is 57.9 Å². The first kappa shape index (κ1) is 17.8. The van der Waals surface area contributed by atoms with Crippen LogP contribution in [0, 0.1) is 0 Å². The fourth-order valence-electron chi connectivity index (χ4n) is 4.97. The van der Waals surface area contributed by atoms with Crippen molar-refractivity contribution in [1.29, 1.82) is 0 Å². The van der Waals surface area contributed by atoms with E-state index in [2.05, 4.69) is 34.3 Å². The van der Waals surface area contributed by atoms with E-state index in [1.54, 1.807) is 0 Å². The third-order valence-corrected chi connectivity index (χ3v) is 6.41. The third-order valence-electron chi connectivity index (χ3n) is 6.41. The molecular weight excluding hydrogens is 326 g/mol. The first-order valence-electron chi connectivity index (χ1n) is 10.1. The van der Waals surface area contributed by atoms with Crippen molar-refractivity contribution in [3.8, 4) is 0 Å². The van der Waals surface area contributed by atoms with Gasteiger partial charge >= 0.3 is 0 Å². The average Bonchev–Trinajstić information content (AvgIpc) is 2.94. The molecule has 1 aliphatic carbocycles. The summed E-state index contributed by atoms with van der Waals surface area (Å²) in [5.41, 5.74) is 3.83. The van der Waals surface area contributed by atoms with Gasteiger partial charge in [-0.3, -0.25) is 9.69 Å². The van der Waals surface area contributed by atoms with Crippen molar-refractivity contribution in [2.45, 2.75) is 37.5 Å². The summed E-state index contributed by atoms with van der Waals surface area (Å²) in [4.78, 5) is 17.3. The Kier molecular flexibility index (Phi) is 5.18. The van der Waals surface area contributed by atoms with Crippen LogP contribution < -0.4 is 10.2 Å². The molecule has 0 aromatic heterocycles. The minimum atomic E-state index is 0.0408. The smallest absolute Gasteiger partial charge is 0.251 e. The maximum absolute atomic E-state index is 12.6. The highest BCUT2D eigenvalue weighted by molar-refractivity contribution is 5.95. The van der Waals surface area contributed by atoms with Gasteiger partial charge in [0.2, 0.25) is 0 Å². The second-order valence-electron chi connectivity index (χ2n) is 8.14. The van der Waals surface area contributed by atoms with Crippen LogP contribution in [0.5, 0.6) is 0 Å². The summed E-state index contributed by atoms with van der Waals surface area (Å²) >= 11 is 0. The summed E-state index contributed by atoms with van der Waals surface area (Å²) < 4.78 is 5.36. The first-order chi connectivity index (χ1) is 12.7. The zero-order valence-electron chi connectivity index (χ0n) is 15.9. The van der Waals surface area contributed by atoms with Gasteiger partial charge in [0.15, 0.2) is 0 Å². The van der Waals surface area contributed by atoms with Crippen LogP contribution in [0.1, 0.15) is 48.0 Å². The van der Waals surface area contributed by atoms with Gasteiger partial charge in [-0.05, 0) is 30.5 Å². The number of nitrogens with one attached hydrogen (secondary N) is 1. The van der Waals surface area contributed by atoms with E-state index >= 15 is 0 Å². The van der Waals surface area contributed by atoms with E-state index in [0.717, 1.165) is 45.0 Å². The topological polar surface area (TPSA) is 44.8 Å². The number of hydrogen-bond donors (Lipinski definition) is 1. The number of hydrogen-bond acceptors (Lipinski definition) is 4. The second kappa shape index (κ2) is 7.57. The highest BCUT2D eigenvalue weighted by Gasteiger charge is 2.42. The molecule has 1 spiro atoms. The maximum Gasteiger partial charge on any atom is 0.251 e. The van der Waals surface area contributed by atoms with Gasteiger partial charge in [-0.1, -0.05) is 25.3 Å². The molecule has 1 aromatic rings. The highest BCUT2D eigenvalue weighted by Crippen LogP contribution is 2.48. The van der Waals surface area contributed by atoms with Crippen molar-refractivity contribution < 1.29 is 9.53 Å². The van der Waals surface area contributed by atoms with Crippen LogP contribution >= 0.6 is 0 Å². The van der Waals surface area contributed by atoms with Crippen LogP contribution in [0.3, 0.4) is 0 Å². The zero-order valence-corrected chi connectivity index (χ0v) is 15.9. The standard InChI is InChI=1S/C21H31N3O2/c1-23-16-21(7-3-2-4-8-21)18-6-5-17(15-19(18)23)20(25)22-9-10-24-11-13-26-14-12-24/h5-6,15H,2-4,7-14,16H2,1H3,(H,22,25). The molecule has 0 unspecified atom stereocenters. The van der Waals surface area contributed by atoms with Crippen LogP contribution in [-0.2, 0) is 10.2 Å². The molecule has 0 atom stereocenters. The predicted molar refractivity (Wildman–Crippen MR) is 104 cm³/mol. The number of likely N-dealkylation sites (N-methyl/N-ethyl adjacent to an activating group) is 1. The summed E-state index contributed by atoms with van der Waals surface area (Å²) in [5, 5.41) is 3.08. The van der Waals surface area contributed by atoms with Gasteiger partial charge in [-0.2, -0.15) is 0 Å². The molecule has 1 saturated carbocycles. The van der Waals surface area contributed by atoms with E-state index in [4.69, 9.17) is 4.74 Å². The Morgan fingerprint density at radius 1 is 1.19 bits per heavy atom. The fourth-order valence-corrected chi connectivity index (χ4v) is 4.97. The summed E-state index contributed by atoms with van der Waals surface area (Å²) in [6.45, 7) is 6.20. The Hall–Kier alpha value is -1.59. The quantitative estimate of drug-likeness (QED) is 0.899. The van der Waals surface area contributed by atoms with Crippen LogP contribution in [0.4, 0.5) is 5.69 Å². The van der Waals surface area contributed by atoms with E-state index in [-0.39, 0.29) is 5.91 Å². The van der Waals surface area contributed by atoms with E-state index < -0.39 is 0 Å². The highest BCUT2D eigenvalue weighted by atomic mass is 16.5. The minimum Gasteiger partial charge on any atom is -0.379 e. The number of morpholine rings is 1. The van der Waals surface area contributed by atoms with Crippen LogP contribution in [-0.4, -0.2) is 63.8 Å². The largest absolute Gasteiger partial charge is 0.379 e. The molecule has 2 heterocycles. The summed E-state index contributed by atoms with van der Waals surface area (Å²) in [7, 11) is 2.17. The molecule has 4 rings (SSSR count). The molecular formula is C21H31N3O2. The number of nitrogens with zero attached hydrogens (tertiary/aromatic N) is 2. The molecule has 0 radical (unpaired) electrons. The molecule has 1 aromatic carbocycles. The van der Waals surface area contributed by atoms with E-state index in [0.29, 0.717) is 12.0 Å². The minimum absolute atomic E-state index is 0.0408. The molecule has 1 amide bonds. The van der Waals surface area contributed by atoms with E-state index in [1.807, 2.05) is 6.07 Å². The third kappa shape index (κ3) is 3.47. The van der Waals surface area contributed by atoms with Crippen molar-refractivity contribution in [3.63, 3.8) is 0 Å². The lowest BCUT2D eigenvalue weighted by molar-refractivity contribution is 0.0383. The van der Waals surface area contributed by atoms with Gasteiger partial charge in [0.25, 0.3) is 5.91 Å². The summed E-state index contributed by atoms with van der Waals surface area (Å²) in [6.07, 6.45) is 6.60. The number of carbonyl (C=O) groups excluding carboxylic acids is 1. The molecule has 2 aliphatic heterocycles. The van der Waals surface area contributed by atoms with Gasteiger partial charge in [-0.25, -0.2) is 0 Å². The van der Waals surface area contributed by atoms with Crippen LogP contribution in [0.2, 0.25) is 0 Å². The van der Waals surface area contributed by atoms with Crippen molar-refractivity contribution in [3.05, 3.63) is 29.3 Å². The van der Waals surface area contributed by atoms with Gasteiger partial charge in [0, 0.05) is 56.4 Å². The van der Waals surface area contributed by atoms with Crippen molar-refractivity contribution in [2.24, 2.45) is 0 Å². The molecule has 1 N–H and O–H groups in total. The maximum atomic E-state index is 12.6. The molecule has 5 nitrogen and oxygen atoms in total. The van der Waals surface area contributed by atoms with Crippen LogP contribution in [0.15, 0.2) is 18.2 Å².